The molecule has 0 fully saturated rings. The Morgan fingerprint density at radius 3 is 2.88 bits per heavy atom. The van der Waals surface area contributed by atoms with Gasteiger partial charge in [-0.1, -0.05) is 22.0 Å². The molecular formula is C12H15BrO3. The molecule has 16 heavy (non-hydrogen) atoms. The molecule has 1 heterocycles. The summed E-state index contributed by atoms with van der Waals surface area (Å²) >= 11 is 3.24. The molecule has 1 aromatic carbocycles. The van der Waals surface area contributed by atoms with Gasteiger partial charge in [-0.05, 0) is 31.5 Å². The Hall–Kier alpha value is -0.740. The van der Waals surface area contributed by atoms with E-state index in [1.165, 1.54) is 0 Å². The fourth-order valence-electron chi connectivity index (χ4n) is 1.60. The monoisotopic (exact) mass is 286 g/mol. The van der Waals surface area contributed by atoms with Gasteiger partial charge >= 0.3 is 0 Å². The second-order valence-corrected chi connectivity index (χ2v) is 5.17. The minimum absolute atomic E-state index is 0.289. The molecule has 0 aromatic heterocycles. The van der Waals surface area contributed by atoms with Crippen molar-refractivity contribution < 1.29 is 14.6 Å². The van der Waals surface area contributed by atoms with Gasteiger partial charge in [0.15, 0.2) is 11.5 Å². The maximum atomic E-state index is 9.69. The van der Waals surface area contributed by atoms with E-state index in [4.69, 9.17) is 9.47 Å². The van der Waals surface area contributed by atoms with Gasteiger partial charge in [-0.25, -0.2) is 0 Å². The molecule has 1 aliphatic heterocycles. The van der Waals surface area contributed by atoms with E-state index in [2.05, 4.69) is 15.9 Å². The highest BCUT2D eigenvalue weighted by Crippen LogP contribution is 2.37. The molecule has 1 atom stereocenters. The lowest BCUT2D eigenvalue weighted by Crippen LogP contribution is -2.38. The number of benzene rings is 1. The highest BCUT2D eigenvalue weighted by Gasteiger charge is 2.28. The molecule has 0 spiro atoms. The number of rotatable bonds is 2. The van der Waals surface area contributed by atoms with E-state index >= 15 is 0 Å². The van der Waals surface area contributed by atoms with Crippen LogP contribution < -0.4 is 9.47 Å². The van der Waals surface area contributed by atoms with Crippen LogP contribution in [0.2, 0.25) is 0 Å². The van der Waals surface area contributed by atoms with E-state index < -0.39 is 6.10 Å². The third-order valence-corrected chi connectivity index (χ3v) is 3.07. The van der Waals surface area contributed by atoms with Gasteiger partial charge in [-0.2, -0.15) is 0 Å². The van der Waals surface area contributed by atoms with E-state index in [0.717, 1.165) is 11.3 Å². The maximum Gasteiger partial charge on any atom is 0.162 e. The molecule has 0 radical (unpaired) electrons. The summed E-state index contributed by atoms with van der Waals surface area (Å²) in [4.78, 5) is 0. The lowest BCUT2D eigenvalue weighted by atomic mass is 10.1. The van der Waals surface area contributed by atoms with Crippen LogP contribution in [-0.2, 0) is 0 Å². The topological polar surface area (TPSA) is 38.7 Å². The Kier molecular flexibility index (Phi) is 3.13. The minimum Gasteiger partial charge on any atom is -0.486 e. The lowest BCUT2D eigenvalue weighted by molar-refractivity contribution is 0.0210. The zero-order valence-electron chi connectivity index (χ0n) is 9.37. The first-order valence-corrected chi connectivity index (χ1v) is 6.34. The van der Waals surface area contributed by atoms with Crippen LogP contribution in [0.25, 0.3) is 0 Å². The van der Waals surface area contributed by atoms with E-state index in [1.807, 2.05) is 32.0 Å². The summed E-state index contributed by atoms with van der Waals surface area (Å²) in [6.07, 6.45) is -0.510. The van der Waals surface area contributed by atoms with Gasteiger partial charge in [0.2, 0.25) is 0 Å². The molecule has 2 rings (SSSR count). The van der Waals surface area contributed by atoms with Crippen molar-refractivity contribution in [3.05, 3.63) is 23.8 Å². The summed E-state index contributed by atoms with van der Waals surface area (Å²) in [6, 6.07) is 5.53. The number of aliphatic hydroxyl groups is 1. The van der Waals surface area contributed by atoms with Crippen molar-refractivity contribution in [2.75, 3.05) is 11.9 Å². The number of hydrogen-bond donors (Lipinski definition) is 1. The van der Waals surface area contributed by atoms with Gasteiger partial charge in [0, 0.05) is 5.33 Å². The largest absolute Gasteiger partial charge is 0.486 e. The van der Waals surface area contributed by atoms with Crippen LogP contribution >= 0.6 is 15.9 Å². The number of hydrogen-bond acceptors (Lipinski definition) is 3. The smallest absolute Gasteiger partial charge is 0.162 e. The number of ether oxygens (including phenoxy) is 2. The van der Waals surface area contributed by atoms with Crippen molar-refractivity contribution in [2.45, 2.75) is 25.6 Å². The highest BCUT2D eigenvalue weighted by atomic mass is 79.9. The molecule has 88 valence electrons. The number of aliphatic hydroxyl groups excluding tert-OH is 1. The predicted octanol–water partition coefficient (Wildman–Crippen LogP) is 2.66. The van der Waals surface area contributed by atoms with Crippen molar-refractivity contribution in [1.82, 2.24) is 0 Å². The minimum atomic E-state index is -0.510. The summed E-state index contributed by atoms with van der Waals surface area (Å²) in [5.41, 5.74) is 0.543. The quantitative estimate of drug-likeness (QED) is 0.850. The normalized spacial score (nSPS) is 19.2. The predicted molar refractivity (Wildman–Crippen MR) is 65.4 cm³/mol. The fraction of sp³-hybridized carbons (Fsp3) is 0.500. The van der Waals surface area contributed by atoms with Crippen molar-refractivity contribution in [3.8, 4) is 11.5 Å². The summed E-state index contributed by atoms with van der Waals surface area (Å²) in [5.74, 6) is 1.44. The van der Waals surface area contributed by atoms with E-state index in [9.17, 15) is 5.11 Å². The number of alkyl halides is 1. The van der Waals surface area contributed by atoms with Gasteiger partial charge in [-0.3, -0.25) is 0 Å². The van der Waals surface area contributed by atoms with Crippen LogP contribution in [0.3, 0.4) is 0 Å². The third kappa shape index (κ3) is 2.33. The van der Waals surface area contributed by atoms with Gasteiger partial charge < -0.3 is 14.6 Å². The van der Waals surface area contributed by atoms with Crippen molar-refractivity contribution >= 4 is 15.9 Å². The van der Waals surface area contributed by atoms with Gasteiger partial charge in [0.1, 0.15) is 12.2 Å². The first-order chi connectivity index (χ1) is 7.52. The van der Waals surface area contributed by atoms with Crippen LogP contribution in [0.5, 0.6) is 11.5 Å². The molecule has 0 aliphatic carbocycles. The molecule has 0 amide bonds. The zero-order valence-corrected chi connectivity index (χ0v) is 11.0. The molecule has 0 bridgehead atoms. The first-order valence-electron chi connectivity index (χ1n) is 5.22. The molecular weight excluding hydrogens is 272 g/mol. The Morgan fingerprint density at radius 2 is 2.19 bits per heavy atom. The second-order valence-electron chi connectivity index (χ2n) is 4.53. The van der Waals surface area contributed by atoms with Crippen LogP contribution in [0.1, 0.15) is 25.5 Å². The van der Waals surface area contributed by atoms with Crippen LogP contribution in [0, 0.1) is 0 Å². The molecule has 3 nitrogen and oxygen atoms in total. The van der Waals surface area contributed by atoms with E-state index in [1.54, 1.807) is 0 Å². The number of fused-ring (bicyclic) bond motifs is 1. The van der Waals surface area contributed by atoms with E-state index in [-0.39, 0.29) is 5.60 Å². The molecule has 1 aliphatic rings. The maximum absolute atomic E-state index is 9.69. The second kappa shape index (κ2) is 4.26. The molecule has 0 saturated heterocycles. The Balaban J connectivity index is 2.28. The lowest BCUT2D eigenvalue weighted by Gasteiger charge is -2.32. The Morgan fingerprint density at radius 1 is 1.44 bits per heavy atom. The molecule has 0 saturated carbocycles. The van der Waals surface area contributed by atoms with Gasteiger partial charge in [0.05, 0.1) is 6.10 Å². The highest BCUT2D eigenvalue weighted by molar-refractivity contribution is 9.09. The van der Waals surface area contributed by atoms with Gasteiger partial charge in [-0.15, -0.1) is 0 Å². The fourth-order valence-corrected chi connectivity index (χ4v) is 1.97. The summed E-state index contributed by atoms with van der Waals surface area (Å²) in [5, 5.41) is 10.2. The first kappa shape index (κ1) is 11.7. The number of halogens is 1. The standard InChI is InChI=1S/C12H15BrO3/c1-12(2)7-15-11-5-8(9(14)6-13)3-4-10(11)16-12/h3-5,9,14H,6-7H2,1-2H3/t9-/m0/s1. The third-order valence-electron chi connectivity index (χ3n) is 2.46. The average Bonchev–Trinajstić information content (AvgIpc) is 2.26. The SMILES string of the molecule is CC1(C)COc2cc([C@@H](O)CBr)ccc2O1. The van der Waals surface area contributed by atoms with Gasteiger partial charge in [0.25, 0.3) is 0 Å². The van der Waals surface area contributed by atoms with Crippen molar-refractivity contribution in [2.24, 2.45) is 0 Å². The van der Waals surface area contributed by atoms with E-state index in [0.29, 0.717) is 17.7 Å². The van der Waals surface area contributed by atoms with Crippen LogP contribution in [-0.4, -0.2) is 22.6 Å². The molecule has 1 N–H and O–H groups in total. The molecule has 4 heteroatoms. The molecule has 0 unspecified atom stereocenters. The van der Waals surface area contributed by atoms with Crippen LogP contribution in [0.4, 0.5) is 0 Å². The Labute approximate surface area is 104 Å². The van der Waals surface area contributed by atoms with Crippen LogP contribution in [0.15, 0.2) is 18.2 Å². The van der Waals surface area contributed by atoms with Crippen molar-refractivity contribution in [3.63, 3.8) is 0 Å². The molecule has 1 aromatic rings. The zero-order chi connectivity index (χ0) is 11.8. The van der Waals surface area contributed by atoms with Crippen molar-refractivity contribution in [1.29, 1.82) is 0 Å². The summed E-state index contributed by atoms with van der Waals surface area (Å²) in [7, 11) is 0. The summed E-state index contributed by atoms with van der Waals surface area (Å²) < 4.78 is 11.4. The average molecular weight is 287 g/mol. The Bertz CT molecular complexity index is 390. The summed E-state index contributed by atoms with van der Waals surface area (Å²) in [6.45, 7) is 4.49.